The number of epoxide rings is 1. The van der Waals surface area contributed by atoms with Crippen LogP contribution in [0.5, 0.6) is 5.75 Å². The van der Waals surface area contributed by atoms with E-state index in [4.69, 9.17) is 14.2 Å². The topological polar surface area (TPSA) is 51.2 Å². The molecule has 1 aliphatic heterocycles. The lowest BCUT2D eigenvalue weighted by Crippen LogP contribution is -2.24. The van der Waals surface area contributed by atoms with Crippen molar-refractivity contribution < 1.29 is 19.3 Å². The van der Waals surface area contributed by atoms with Crippen molar-refractivity contribution in [3.05, 3.63) is 30.3 Å². The molecule has 1 aliphatic rings. The molecule has 1 N–H and O–H groups in total. The highest BCUT2D eigenvalue weighted by Gasteiger charge is 2.22. The Hall–Kier alpha value is -1.10. The molecule has 88 valence electrons. The van der Waals surface area contributed by atoms with Crippen LogP contribution in [0.1, 0.15) is 0 Å². The van der Waals surface area contributed by atoms with Gasteiger partial charge in [0.25, 0.3) is 0 Å². The van der Waals surface area contributed by atoms with Crippen molar-refractivity contribution in [2.45, 2.75) is 12.2 Å². The Morgan fingerprint density at radius 2 is 2.06 bits per heavy atom. The highest BCUT2D eigenvalue weighted by Crippen LogP contribution is 2.10. The van der Waals surface area contributed by atoms with Gasteiger partial charge in [0.1, 0.15) is 24.6 Å². The van der Waals surface area contributed by atoms with Gasteiger partial charge in [0.2, 0.25) is 0 Å². The number of rotatable bonds is 7. The monoisotopic (exact) mass is 224 g/mol. The van der Waals surface area contributed by atoms with Crippen LogP contribution in [0.4, 0.5) is 0 Å². The van der Waals surface area contributed by atoms with Crippen molar-refractivity contribution in [2.24, 2.45) is 0 Å². The highest BCUT2D eigenvalue weighted by atomic mass is 16.6. The molecule has 4 nitrogen and oxygen atoms in total. The molecule has 0 spiro atoms. The molecule has 1 aromatic rings. The van der Waals surface area contributed by atoms with Crippen LogP contribution in [-0.2, 0) is 9.47 Å². The van der Waals surface area contributed by atoms with Crippen LogP contribution in [0.25, 0.3) is 0 Å². The van der Waals surface area contributed by atoms with Gasteiger partial charge in [0.15, 0.2) is 0 Å². The number of hydrogen-bond acceptors (Lipinski definition) is 4. The molecular formula is C12H16O4. The molecule has 0 aliphatic carbocycles. The molecule has 1 fully saturated rings. The minimum absolute atomic E-state index is 0.238. The van der Waals surface area contributed by atoms with E-state index in [1.807, 2.05) is 30.3 Å². The smallest absolute Gasteiger partial charge is 0.119 e. The Bertz CT molecular complexity index is 297. The molecule has 0 bridgehead atoms. The quantitative estimate of drug-likeness (QED) is 0.697. The lowest BCUT2D eigenvalue weighted by molar-refractivity contribution is 0.00761. The second kappa shape index (κ2) is 5.84. The molecule has 0 saturated carbocycles. The Balaban J connectivity index is 1.57. The molecule has 0 radical (unpaired) electrons. The number of para-hydroxylation sites is 1. The SMILES string of the molecule is OC(COCC1CO1)COc1ccccc1. The Kier molecular flexibility index (Phi) is 4.16. The third-order valence-electron chi connectivity index (χ3n) is 2.20. The van der Waals surface area contributed by atoms with E-state index in [2.05, 4.69) is 0 Å². The average Bonchev–Trinajstić information content (AvgIpc) is 3.12. The summed E-state index contributed by atoms with van der Waals surface area (Å²) in [5.74, 6) is 0.757. The molecule has 2 atom stereocenters. The summed E-state index contributed by atoms with van der Waals surface area (Å²) in [6, 6.07) is 9.41. The van der Waals surface area contributed by atoms with Gasteiger partial charge in [0.05, 0.1) is 19.8 Å². The molecule has 16 heavy (non-hydrogen) atoms. The van der Waals surface area contributed by atoms with Crippen LogP contribution >= 0.6 is 0 Å². The zero-order chi connectivity index (χ0) is 11.2. The summed E-state index contributed by atoms with van der Waals surface area (Å²) in [4.78, 5) is 0. The van der Waals surface area contributed by atoms with E-state index in [1.165, 1.54) is 0 Å². The van der Waals surface area contributed by atoms with Crippen molar-refractivity contribution in [1.82, 2.24) is 0 Å². The van der Waals surface area contributed by atoms with Gasteiger partial charge in [-0.15, -0.1) is 0 Å². The van der Waals surface area contributed by atoms with E-state index in [0.717, 1.165) is 12.4 Å². The number of aliphatic hydroxyl groups is 1. The van der Waals surface area contributed by atoms with Gasteiger partial charge in [-0.1, -0.05) is 18.2 Å². The first-order chi connectivity index (χ1) is 7.84. The van der Waals surface area contributed by atoms with E-state index in [-0.39, 0.29) is 19.3 Å². The van der Waals surface area contributed by atoms with Crippen LogP contribution in [0, 0.1) is 0 Å². The summed E-state index contributed by atoms with van der Waals surface area (Å²) in [6.07, 6.45) is -0.360. The van der Waals surface area contributed by atoms with E-state index in [1.54, 1.807) is 0 Å². The largest absolute Gasteiger partial charge is 0.491 e. The van der Waals surface area contributed by atoms with E-state index >= 15 is 0 Å². The van der Waals surface area contributed by atoms with Crippen molar-refractivity contribution in [3.63, 3.8) is 0 Å². The fourth-order valence-corrected chi connectivity index (χ4v) is 1.26. The third kappa shape index (κ3) is 4.18. The molecular weight excluding hydrogens is 208 g/mol. The second-order valence-corrected chi connectivity index (χ2v) is 3.77. The standard InChI is InChI=1S/C12H16O4/c13-10(6-14-8-12-9-16-12)7-15-11-4-2-1-3-5-11/h1-5,10,12-13H,6-9H2. The van der Waals surface area contributed by atoms with Gasteiger partial charge in [-0.25, -0.2) is 0 Å². The Morgan fingerprint density at radius 1 is 1.31 bits per heavy atom. The first-order valence-electron chi connectivity index (χ1n) is 5.40. The normalized spacial score (nSPS) is 20.4. The molecule has 2 rings (SSSR count). The van der Waals surface area contributed by atoms with E-state index < -0.39 is 6.10 Å². The lowest BCUT2D eigenvalue weighted by atomic mass is 10.3. The molecule has 4 heteroatoms. The molecule has 2 unspecified atom stereocenters. The summed E-state index contributed by atoms with van der Waals surface area (Å²) in [6.45, 7) is 1.86. The number of benzene rings is 1. The molecule has 0 aromatic heterocycles. The van der Waals surface area contributed by atoms with Crippen LogP contribution in [0.3, 0.4) is 0 Å². The summed E-state index contributed by atoms with van der Waals surface area (Å²) < 4.78 is 15.6. The maximum atomic E-state index is 9.55. The molecule has 1 aromatic carbocycles. The van der Waals surface area contributed by atoms with Gasteiger partial charge < -0.3 is 19.3 Å². The van der Waals surface area contributed by atoms with Crippen LogP contribution in [0.2, 0.25) is 0 Å². The first kappa shape index (κ1) is 11.4. The van der Waals surface area contributed by atoms with E-state index in [9.17, 15) is 5.11 Å². The predicted molar refractivity (Wildman–Crippen MR) is 58.5 cm³/mol. The second-order valence-electron chi connectivity index (χ2n) is 3.77. The third-order valence-corrected chi connectivity index (χ3v) is 2.20. The number of hydrogen-bond donors (Lipinski definition) is 1. The fraction of sp³-hybridized carbons (Fsp3) is 0.500. The fourth-order valence-electron chi connectivity index (χ4n) is 1.26. The van der Waals surface area contributed by atoms with Crippen molar-refractivity contribution in [1.29, 1.82) is 0 Å². The minimum atomic E-state index is -0.598. The van der Waals surface area contributed by atoms with Crippen molar-refractivity contribution >= 4 is 0 Å². The number of ether oxygens (including phenoxy) is 3. The number of aliphatic hydroxyl groups excluding tert-OH is 1. The minimum Gasteiger partial charge on any atom is -0.491 e. The predicted octanol–water partition coefficient (Wildman–Crippen LogP) is 0.842. The van der Waals surface area contributed by atoms with Gasteiger partial charge >= 0.3 is 0 Å². The molecule has 0 amide bonds. The van der Waals surface area contributed by atoms with Crippen LogP contribution in [0.15, 0.2) is 30.3 Å². The Morgan fingerprint density at radius 3 is 2.75 bits per heavy atom. The van der Waals surface area contributed by atoms with Gasteiger partial charge in [-0.3, -0.25) is 0 Å². The summed E-state index contributed by atoms with van der Waals surface area (Å²) in [5, 5.41) is 9.55. The van der Waals surface area contributed by atoms with Gasteiger partial charge in [-0.05, 0) is 12.1 Å². The average molecular weight is 224 g/mol. The maximum Gasteiger partial charge on any atom is 0.119 e. The summed E-state index contributed by atoms with van der Waals surface area (Å²) >= 11 is 0. The lowest BCUT2D eigenvalue weighted by Gasteiger charge is -2.12. The zero-order valence-electron chi connectivity index (χ0n) is 9.04. The zero-order valence-corrected chi connectivity index (χ0v) is 9.04. The van der Waals surface area contributed by atoms with Crippen LogP contribution < -0.4 is 4.74 Å². The Labute approximate surface area is 94.8 Å². The highest BCUT2D eigenvalue weighted by molar-refractivity contribution is 5.20. The van der Waals surface area contributed by atoms with Gasteiger partial charge in [-0.2, -0.15) is 0 Å². The van der Waals surface area contributed by atoms with Crippen LogP contribution in [-0.4, -0.2) is 43.7 Å². The summed E-state index contributed by atoms with van der Waals surface area (Å²) in [5.41, 5.74) is 0. The molecule has 1 heterocycles. The first-order valence-corrected chi connectivity index (χ1v) is 5.40. The molecule has 1 saturated heterocycles. The van der Waals surface area contributed by atoms with Crippen molar-refractivity contribution in [2.75, 3.05) is 26.4 Å². The van der Waals surface area contributed by atoms with Gasteiger partial charge in [0, 0.05) is 0 Å². The summed E-state index contributed by atoms with van der Waals surface area (Å²) in [7, 11) is 0. The van der Waals surface area contributed by atoms with Crippen molar-refractivity contribution in [3.8, 4) is 5.75 Å². The maximum absolute atomic E-state index is 9.55. The van der Waals surface area contributed by atoms with E-state index in [0.29, 0.717) is 6.61 Å².